The van der Waals surface area contributed by atoms with Crippen LogP contribution in [0.25, 0.3) is 33.1 Å². The van der Waals surface area contributed by atoms with Crippen LogP contribution in [-0.4, -0.2) is 147 Å². The summed E-state index contributed by atoms with van der Waals surface area (Å²) in [6, 6.07) is 7.69. The van der Waals surface area contributed by atoms with E-state index in [0.29, 0.717) is 41.8 Å². The number of likely N-dealkylation sites (tertiary alicyclic amines) is 2. The fourth-order valence-electron chi connectivity index (χ4n) is 13.1. The van der Waals surface area contributed by atoms with Crippen LogP contribution in [0.4, 0.5) is 27.0 Å². The van der Waals surface area contributed by atoms with Gasteiger partial charge in [0.2, 0.25) is 0 Å². The van der Waals surface area contributed by atoms with Crippen molar-refractivity contribution in [3.63, 3.8) is 0 Å². The summed E-state index contributed by atoms with van der Waals surface area (Å²) in [4.78, 5) is 70.1. The molecule has 6 fully saturated rings. The number of aromatic amines is 3. The van der Waals surface area contributed by atoms with E-state index in [0.717, 1.165) is 127 Å². The third-order valence-corrected chi connectivity index (χ3v) is 16.8. The van der Waals surface area contributed by atoms with Gasteiger partial charge in [0, 0.05) is 84.0 Å². The van der Waals surface area contributed by atoms with Crippen LogP contribution in [0.3, 0.4) is 0 Å². The summed E-state index contributed by atoms with van der Waals surface area (Å²) in [5.74, 6) is 7.43. The molecule has 69 heavy (non-hydrogen) atoms. The van der Waals surface area contributed by atoms with Crippen molar-refractivity contribution in [1.29, 1.82) is 0 Å². The Morgan fingerprint density at radius 3 is 1.16 bits per heavy atom. The second kappa shape index (κ2) is 21.0. The lowest BCUT2D eigenvalue weighted by Gasteiger charge is -2.33. The monoisotopic (exact) mass is 965 g/mol. The summed E-state index contributed by atoms with van der Waals surface area (Å²) in [6.45, 7) is 3.23. The molecule has 3 N–H and O–H groups in total. The maximum absolute atomic E-state index is 11.8. The number of aromatic nitrogens is 9. The Labute approximate surface area is 410 Å². The van der Waals surface area contributed by atoms with Crippen LogP contribution in [0.15, 0.2) is 55.8 Å². The normalized spacial score (nSPS) is 26.9. The summed E-state index contributed by atoms with van der Waals surface area (Å²) >= 11 is 0. The Morgan fingerprint density at radius 1 is 0.507 bits per heavy atom. The molecule has 6 aromatic heterocycles. The van der Waals surface area contributed by atoms with Crippen LogP contribution in [0.1, 0.15) is 77.0 Å². The van der Waals surface area contributed by atoms with Gasteiger partial charge in [-0.2, -0.15) is 0 Å². The Morgan fingerprint density at radius 2 is 0.826 bits per heavy atom. The van der Waals surface area contributed by atoms with E-state index in [4.69, 9.17) is 9.47 Å². The molecule has 12 rings (SSSR count). The van der Waals surface area contributed by atoms with Gasteiger partial charge in [0.25, 0.3) is 0 Å². The van der Waals surface area contributed by atoms with E-state index in [-0.39, 0.29) is 24.6 Å². The number of carbonyl (C=O) groups is 2. The molecule has 19 heteroatoms. The predicted octanol–water partition coefficient (Wildman–Crippen LogP) is 8.31. The standard InChI is InChI=1S/2C17H23N5O2.C16H22N4.ClH/c2*1-21(16-14-3-5-18-15(14)19-10-20-16)13-7-11-4-6-22(17(23)24-2)9-12(11)8-13;1-20(13-8-11-4-2-3-5-12(11)9-13)16-14-6-7-17-15(14)18-10-19-16;/h2*3,5,10-13H,4,6-9H2,1-2H3,(H,18,19,20);6-7,10-13H,2-5,8-9H2,1H3,(H,17,18,19);1H/t2*11-,12-,13-;11-,12+,13?;/m00../s1. The molecule has 0 radical (unpaired) electrons. The van der Waals surface area contributed by atoms with E-state index in [1.807, 2.05) is 40.5 Å². The van der Waals surface area contributed by atoms with Crippen LogP contribution in [0.2, 0.25) is 0 Å². The van der Waals surface area contributed by atoms with Gasteiger partial charge in [0.15, 0.2) is 0 Å². The van der Waals surface area contributed by atoms with Gasteiger partial charge in [0.1, 0.15) is 53.4 Å². The van der Waals surface area contributed by atoms with E-state index in [2.05, 4.69) is 86.8 Å². The number of nitrogens with zero attached hydrogens (tertiary/aromatic N) is 11. The number of piperidine rings is 2. The van der Waals surface area contributed by atoms with Crippen molar-refractivity contribution in [3.8, 4) is 0 Å². The van der Waals surface area contributed by atoms with Gasteiger partial charge < -0.3 is 48.9 Å². The van der Waals surface area contributed by atoms with E-state index >= 15 is 0 Å². The summed E-state index contributed by atoms with van der Waals surface area (Å²) < 4.78 is 9.75. The molecule has 2 saturated heterocycles. The molecule has 0 bridgehead atoms. The number of methoxy groups -OCH3 is 2. The molecule has 18 nitrogen and oxygen atoms in total. The Hall–Kier alpha value is -5.91. The van der Waals surface area contributed by atoms with E-state index in [1.54, 1.807) is 19.0 Å². The average molecular weight is 966 g/mol. The fourth-order valence-corrected chi connectivity index (χ4v) is 13.1. The summed E-state index contributed by atoms with van der Waals surface area (Å²) in [7, 11) is 9.36. The zero-order chi connectivity index (χ0) is 46.9. The molecule has 6 aromatic rings. The molecule has 6 aliphatic rings. The highest BCUT2D eigenvalue weighted by Crippen LogP contribution is 2.46. The van der Waals surface area contributed by atoms with E-state index in [9.17, 15) is 9.59 Å². The van der Waals surface area contributed by atoms with Crippen LogP contribution in [-0.2, 0) is 9.47 Å². The van der Waals surface area contributed by atoms with Gasteiger partial charge in [-0.25, -0.2) is 39.5 Å². The quantitative estimate of drug-likeness (QED) is 0.144. The van der Waals surface area contributed by atoms with Gasteiger partial charge in [-0.15, -0.1) is 12.4 Å². The number of nitrogens with one attached hydrogen (secondary N) is 3. The maximum atomic E-state index is 11.8. The first kappa shape index (κ1) is 48.1. The zero-order valence-electron chi connectivity index (χ0n) is 40.7. The molecule has 2 aliphatic heterocycles. The first-order valence-corrected chi connectivity index (χ1v) is 24.9. The second-order valence-corrected chi connectivity index (χ2v) is 20.3. The Balaban J connectivity index is 0.000000129. The van der Waals surface area contributed by atoms with E-state index < -0.39 is 0 Å². The number of hydrogen-bond acceptors (Lipinski definition) is 13. The third-order valence-electron chi connectivity index (χ3n) is 16.8. The number of rotatable bonds is 6. The average Bonchev–Trinajstić information content (AvgIpc) is 4.25. The molecule has 1 unspecified atom stereocenters. The topological polar surface area (TPSA) is 194 Å². The van der Waals surface area contributed by atoms with Crippen LogP contribution in [0, 0.1) is 35.5 Å². The third kappa shape index (κ3) is 9.82. The molecule has 4 aliphatic carbocycles. The van der Waals surface area contributed by atoms with Crippen LogP contribution < -0.4 is 14.7 Å². The minimum absolute atomic E-state index is 0. The molecule has 0 aromatic carbocycles. The lowest BCUT2D eigenvalue weighted by molar-refractivity contribution is 0.0899. The summed E-state index contributed by atoms with van der Waals surface area (Å²) in [5.41, 5.74) is 2.69. The van der Waals surface area contributed by atoms with Crippen molar-refractivity contribution >= 4 is 75.1 Å². The highest BCUT2D eigenvalue weighted by Gasteiger charge is 2.43. The Kier molecular flexibility index (Phi) is 14.6. The lowest BCUT2D eigenvalue weighted by Crippen LogP contribution is -2.42. The zero-order valence-corrected chi connectivity index (χ0v) is 41.5. The number of ether oxygens (including phenoxy) is 2. The van der Waals surface area contributed by atoms with Crippen molar-refractivity contribution in [2.45, 2.75) is 95.2 Å². The van der Waals surface area contributed by atoms with Gasteiger partial charge in [0.05, 0.1) is 30.4 Å². The molecule has 8 heterocycles. The molecule has 2 amide bonds. The smallest absolute Gasteiger partial charge is 0.409 e. The Bertz CT molecular complexity index is 2540. The number of halogens is 1. The number of amides is 2. The van der Waals surface area contributed by atoms with Crippen molar-refractivity contribution in [1.82, 2.24) is 54.7 Å². The number of anilines is 3. The minimum Gasteiger partial charge on any atom is -0.453 e. The van der Waals surface area contributed by atoms with Crippen molar-refractivity contribution in [2.75, 3.05) is 76.2 Å². The van der Waals surface area contributed by atoms with Crippen molar-refractivity contribution in [3.05, 3.63) is 55.8 Å². The highest BCUT2D eigenvalue weighted by atomic mass is 35.5. The fraction of sp³-hybridized carbons (Fsp3) is 0.600. The van der Waals surface area contributed by atoms with Gasteiger partial charge >= 0.3 is 12.2 Å². The van der Waals surface area contributed by atoms with Crippen molar-refractivity contribution < 1.29 is 19.1 Å². The largest absolute Gasteiger partial charge is 0.453 e. The van der Waals surface area contributed by atoms with Gasteiger partial charge in [-0.05, 0) is 105 Å². The first-order chi connectivity index (χ1) is 33.2. The minimum atomic E-state index is -0.199. The molecule has 370 valence electrons. The SMILES string of the molecule is CN(c1ncnc2[nH]ccc12)C1C[C@H]2CCCC[C@H]2C1.COC(=O)N1CC[C@H]2C[C@H](N(C)c3ncnc4[nH]ccc34)C[C@H]2C1.COC(=O)N1CC[C@H]2C[C@H](N(C)c3ncnc4[nH]ccc34)C[C@H]2C1.Cl. The first-order valence-electron chi connectivity index (χ1n) is 24.9. The maximum Gasteiger partial charge on any atom is 0.409 e. The number of carbonyl (C=O) groups excluding carboxylic acids is 2. The van der Waals surface area contributed by atoms with Crippen molar-refractivity contribution in [2.24, 2.45) is 35.5 Å². The molecule has 9 atom stereocenters. The van der Waals surface area contributed by atoms with Crippen LogP contribution in [0.5, 0.6) is 0 Å². The van der Waals surface area contributed by atoms with Crippen LogP contribution >= 0.6 is 12.4 Å². The summed E-state index contributed by atoms with van der Waals surface area (Å²) in [6.07, 6.45) is 25.3. The molecule has 4 saturated carbocycles. The molecular formula is C50H69ClN14O4. The number of H-pyrrole nitrogens is 3. The molecular weight excluding hydrogens is 896 g/mol. The number of hydrogen-bond donors (Lipinski definition) is 3. The predicted molar refractivity (Wildman–Crippen MR) is 270 cm³/mol. The van der Waals surface area contributed by atoms with E-state index in [1.165, 1.54) is 52.7 Å². The second-order valence-electron chi connectivity index (χ2n) is 20.3. The number of fused-ring (bicyclic) bond motifs is 6. The highest BCUT2D eigenvalue weighted by molar-refractivity contribution is 5.89. The lowest BCUT2D eigenvalue weighted by atomic mass is 9.82. The van der Waals surface area contributed by atoms with Gasteiger partial charge in [-0.3, -0.25) is 0 Å². The molecule has 0 spiro atoms. The summed E-state index contributed by atoms with van der Waals surface area (Å²) in [5, 5.41) is 3.27. The van der Waals surface area contributed by atoms with Gasteiger partial charge in [-0.1, -0.05) is 25.7 Å².